The van der Waals surface area contributed by atoms with Gasteiger partial charge in [-0.05, 0) is 43.9 Å². The molecule has 1 aromatic heterocycles. The number of aromatic nitrogens is 2. The molecule has 0 N–H and O–H groups in total. The van der Waals surface area contributed by atoms with Crippen LogP contribution in [0.2, 0.25) is 0 Å². The summed E-state index contributed by atoms with van der Waals surface area (Å²) in [5.41, 5.74) is 3.61. The number of esters is 1. The van der Waals surface area contributed by atoms with Crippen molar-refractivity contribution in [3.63, 3.8) is 0 Å². The van der Waals surface area contributed by atoms with E-state index < -0.39 is 0 Å². The Labute approximate surface area is 229 Å². The van der Waals surface area contributed by atoms with Gasteiger partial charge in [0.05, 0.1) is 18.2 Å². The molecule has 1 atom stereocenters. The molecule has 0 saturated carbocycles. The zero-order valence-electron chi connectivity index (χ0n) is 22.4. The molecule has 0 aliphatic carbocycles. The average Bonchev–Trinajstić information content (AvgIpc) is 2.96. The summed E-state index contributed by atoms with van der Waals surface area (Å²) in [5.74, 6) is 1.03. The van der Waals surface area contributed by atoms with Gasteiger partial charge in [0, 0.05) is 49.6 Å². The monoisotopic (exact) mass is 532 g/mol. The SMILES string of the molecule is CCCN(C)c1cc(-c2ccccc2)nc(SCc2cccc(C(=O)N3CCC[C@@H](C(=O)OCC)C3)c2)n1. The van der Waals surface area contributed by atoms with E-state index in [2.05, 4.69) is 31.0 Å². The largest absolute Gasteiger partial charge is 0.466 e. The maximum Gasteiger partial charge on any atom is 0.310 e. The van der Waals surface area contributed by atoms with Crippen LogP contribution in [0.4, 0.5) is 5.82 Å². The molecule has 1 aliphatic rings. The Morgan fingerprint density at radius 1 is 1.08 bits per heavy atom. The van der Waals surface area contributed by atoms with Crippen LogP contribution in [0.25, 0.3) is 11.3 Å². The highest BCUT2D eigenvalue weighted by Crippen LogP contribution is 2.28. The summed E-state index contributed by atoms with van der Waals surface area (Å²) in [5, 5.41) is 0.703. The third-order valence-corrected chi connectivity index (χ3v) is 7.50. The van der Waals surface area contributed by atoms with E-state index in [0.29, 0.717) is 36.2 Å². The van der Waals surface area contributed by atoms with E-state index in [1.54, 1.807) is 23.6 Å². The molecular weight excluding hydrogens is 496 g/mol. The average molecular weight is 533 g/mol. The summed E-state index contributed by atoms with van der Waals surface area (Å²) in [7, 11) is 2.05. The maximum absolute atomic E-state index is 13.3. The fourth-order valence-electron chi connectivity index (χ4n) is 4.62. The van der Waals surface area contributed by atoms with Crippen LogP contribution in [0.15, 0.2) is 65.8 Å². The van der Waals surface area contributed by atoms with Crippen molar-refractivity contribution in [2.75, 3.05) is 38.2 Å². The Hall–Kier alpha value is -3.39. The summed E-state index contributed by atoms with van der Waals surface area (Å²) >= 11 is 1.56. The Balaban J connectivity index is 1.48. The van der Waals surface area contributed by atoms with Crippen molar-refractivity contribution in [2.24, 2.45) is 5.92 Å². The Morgan fingerprint density at radius 2 is 1.89 bits per heavy atom. The molecule has 0 spiro atoms. The van der Waals surface area contributed by atoms with Gasteiger partial charge in [0.1, 0.15) is 5.82 Å². The third-order valence-electron chi connectivity index (χ3n) is 6.58. The first-order valence-corrected chi connectivity index (χ1v) is 14.3. The van der Waals surface area contributed by atoms with Gasteiger partial charge < -0.3 is 14.5 Å². The summed E-state index contributed by atoms with van der Waals surface area (Å²) < 4.78 is 5.19. The van der Waals surface area contributed by atoms with Crippen LogP contribution in [-0.4, -0.2) is 60.0 Å². The number of piperidine rings is 1. The summed E-state index contributed by atoms with van der Waals surface area (Å²) in [6.07, 6.45) is 2.59. The Morgan fingerprint density at radius 3 is 2.66 bits per heavy atom. The van der Waals surface area contributed by atoms with E-state index in [9.17, 15) is 9.59 Å². The molecule has 2 heterocycles. The lowest BCUT2D eigenvalue weighted by atomic mass is 9.97. The van der Waals surface area contributed by atoms with Crippen LogP contribution in [0, 0.1) is 5.92 Å². The fraction of sp³-hybridized carbons (Fsp3) is 0.400. The molecule has 0 radical (unpaired) electrons. The van der Waals surface area contributed by atoms with Gasteiger partial charge >= 0.3 is 5.97 Å². The van der Waals surface area contributed by atoms with E-state index in [1.165, 1.54) is 0 Å². The second kappa shape index (κ2) is 13.4. The lowest BCUT2D eigenvalue weighted by molar-refractivity contribution is -0.149. The smallest absolute Gasteiger partial charge is 0.310 e. The van der Waals surface area contributed by atoms with E-state index >= 15 is 0 Å². The van der Waals surface area contributed by atoms with Crippen molar-refractivity contribution in [1.82, 2.24) is 14.9 Å². The first kappa shape index (κ1) is 27.6. The van der Waals surface area contributed by atoms with Gasteiger partial charge in [-0.15, -0.1) is 0 Å². The minimum atomic E-state index is -0.250. The molecule has 1 fully saturated rings. The molecular formula is C30H36N4O3S. The number of ether oxygens (including phenoxy) is 1. The number of anilines is 1. The topological polar surface area (TPSA) is 75.6 Å². The van der Waals surface area contributed by atoms with Crippen LogP contribution in [0.5, 0.6) is 0 Å². The Kier molecular flexibility index (Phi) is 9.76. The third kappa shape index (κ3) is 7.13. The van der Waals surface area contributed by atoms with Crippen LogP contribution in [-0.2, 0) is 15.3 Å². The fourth-order valence-corrected chi connectivity index (χ4v) is 5.41. The minimum Gasteiger partial charge on any atom is -0.466 e. The highest BCUT2D eigenvalue weighted by Gasteiger charge is 2.29. The number of amides is 1. The van der Waals surface area contributed by atoms with Crippen molar-refractivity contribution in [3.05, 3.63) is 71.8 Å². The second-order valence-electron chi connectivity index (χ2n) is 9.51. The molecule has 0 unspecified atom stereocenters. The van der Waals surface area contributed by atoms with Crippen LogP contribution in [0.3, 0.4) is 0 Å². The van der Waals surface area contributed by atoms with E-state index in [1.807, 2.05) is 48.5 Å². The highest BCUT2D eigenvalue weighted by molar-refractivity contribution is 7.98. The normalized spacial score (nSPS) is 15.2. The number of rotatable bonds is 10. The van der Waals surface area contributed by atoms with Crippen molar-refractivity contribution in [3.8, 4) is 11.3 Å². The zero-order valence-corrected chi connectivity index (χ0v) is 23.2. The molecule has 38 heavy (non-hydrogen) atoms. The Bertz CT molecular complexity index is 1240. The van der Waals surface area contributed by atoms with Crippen molar-refractivity contribution < 1.29 is 14.3 Å². The number of hydrogen-bond donors (Lipinski definition) is 0. The van der Waals surface area contributed by atoms with Gasteiger partial charge in [0.2, 0.25) is 0 Å². The molecule has 4 rings (SSSR count). The molecule has 200 valence electrons. The molecule has 8 heteroatoms. The molecule has 2 aromatic carbocycles. The quantitative estimate of drug-likeness (QED) is 0.188. The lowest BCUT2D eigenvalue weighted by Crippen LogP contribution is -2.42. The number of benzene rings is 2. The first-order chi connectivity index (χ1) is 18.5. The highest BCUT2D eigenvalue weighted by atomic mass is 32.2. The van der Waals surface area contributed by atoms with Crippen molar-refractivity contribution in [1.29, 1.82) is 0 Å². The van der Waals surface area contributed by atoms with Gasteiger partial charge in [0.25, 0.3) is 5.91 Å². The van der Waals surface area contributed by atoms with E-state index in [0.717, 1.165) is 48.4 Å². The summed E-state index contributed by atoms with van der Waals surface area (Å²) in [6, 6.07) is 19.9. The van der Waals surface area contributed by atoms with Crippen molar-refractivity contribution >= 4 is 29.5 Å². The molecule has 1 saturated heterocycles. The maximum atomic E-state index is 13.3. The molecule has 3 aromatic rings. The first-order valence-electron chi connectivity index (χ1n) is 13.3. The minimum absolute atomic E-state index is 0.0448. The van der Waals surface area contributed by atoms with E-state index in [4.69, 9.17) is 14.7 Å². The number of likely N-dealkylation sites (tertiary alicyclic amines) is 1. The van der Waals surface area contributed by atoms with Gasteiger partial charge in [-0.25, -0.2) is 9.97 Å². The van der Waals surface area contributed by atoms with Gasteiger partial charge in [0.15, 0.2) is 5.16 Å². The zero-order chi connectivity index (χ0) is 26.9. The van der Waals surface area contributed by atoms with Crippen molar-refractivity contribution in [2.45, 2.75) is 44.0 Å². The lowest BCUT2D eigenvalue weighted by Gasteiger charge is -2.31. The standard InChI is InChI=1S/C30H36N4O3S/c1-4-16-33(3)27-19-26(23-12-7-6-8-13-23)31-30(32-27)38-21-22-11-9-14-24(18-22)28(35)34-17-10-15-25(20-34)29(36)37-5-2/h6-9,11-14,18-19,25H,4-5,10,15-17,20-21H2,1-3H3/t25-/m1/s1. The number of carbonyl (C=O) groups is 2. The van der Waals surface area contributed by atoms with Crippen LogP contribution >= 0.6 is 11.8 Å². The van der Waals surface area contributed by atoms with E-state index in [-0.39, 0.29) is 17.8 Å². The summed E-state index contributed by atoms with van der Waals surface area (Å²) in [4.78, 5) is 39.1. The molecule has 0 bridgehead atoms. The van der Waals surface area contributed by atoms with Gasteiger partial charge in [-0.1, -0.05) is 61.2 Å². The van der Waals surface area contributed by atoms with Crippen LogP contribution < -0.4 is 4.90 Å². The predicted molar refractivity (Wildman–Crippen MR) is 152 cm³/mol. The van der Waals surface area contributed by atoms with Crippen LogP contribution in [0.1, 0.15) is 49.0 Å². The number of hydrogen-bond acceptors (Lipinski definition) is 7. The van der Waals surface area contributed by atoms with Gasteiger partial charge in [-0.2, -0.15) is 0 Å². The molecule has 1 aliphatic heterocycles. The number of nitrogens with zero attached hydrogens (tertiary/aromatic N) is 4. The second-order valence-corrected chi connectivity index (χ2v) is 10.5. The molecule has 7 nitrogen and oxygen atoms in total. The predicted octanol–water partition coefficient (Wildman–Crippen LogP) is 5.70. The molecule has 1 amide bonds. The van der Waals surface area contributed by atoms with Gasteiger partial charge in [-0.3, -0.25) is 9.59 Å². The summed E-state index contributed by atoms with van der Waals surface area (Å²) in [6.45, 7) is 6.29. The number of thioether (sulfide) groups is 1. The number of carbonyl (C=O) groups excluding carboxylic acids is 2.